The molecule has 0 unspecified atom stereocenters. The zero-order chi connectivity index (χ0) is 12.2. The molecule has 0 fully saturated rings. The zero-order valence-corrected chi connectivity index (χ0v) is 9.79. The van der Waals surface area contributed by atoms with Gasteiger partial charge in [-0.05, 0) is 36.8 Å². The lowest BCUT2D eigenvalue weighted by Gasteiger charge is -2.08. The molecular formula is C11H14F3NS. The maximum atomic E-state index is 11.9. The second-order valence-corrected chi connectivity index (χ2v) is 4.73. The van der Waals surface area contributed by atoms with E-state index in [1.165, 1.54) is 11.8 Å². The van der Waals surface area contributed by atoms with E-state index in [0.29, 0.717) is 11.4 Å². The van der Waals surface area contributed by atoms with Crippen LogP contribution in [-0.2, 0) is 0 Å². The smallest absolute Gasteiger partial charge is 0.389 e. The molecular weight excluding hydrogens is 235 g/mol. The van der Waals surface area contributed by atoms with Crippen molar-refractivity contribution in [2.75, 3.05) is 11.5 Å². The predicted octanol–water partition coefficient (Wildman–Crippen LogP) is 4.01. The first kappa shape index (κ1) is 13.2. The third-order valence-electron chi connectivity index (χ3n) is 2.07. The highest BCUT2D eigenvalue weighted by molar-refractivity contribution is 7.99. The molecule has 0 saturated heterocycles. The quantitative estimate of drug-likeness (QED) is 0.495. The molecule has 0 bridgehead atoms. The summed E-state index contributed by atoms with van der Waals surface area (Å²) in [5.41, 5.74) is 7.30. The van der Waals surface area contributed by atoms with Gasteiger partial charge in [0, 0.05) is 17.0 Å². The van der Waals surface area contributed by atoms with Crippen LogP contribution in [0.4, 0.5) is 18.9 Å². The van der Waals surface area contributed by atoms with Gasteiger partial charge in [-0.3, -0.25) is 0 Å². The van der Waals surface area contributed by atoms with E-state index in [1.54, 1.807) is 12.1 Å². The molecule has 0 atom stereocenters. The van der Waals surface area contributed by atoms with Gasteiger partial charge in [0.05, 0.1) is 0 Å². The molecule has 0 aliphatic carbocycles. The van der Waals surface area contributed by atoms with E-state index in [2.05, 4.69) is 0 Å². The SMILES string of the molecule is Cc1ccc(N)cc1SCCCC(F)(F)F. The molecule has 1 rings (SSSR count). The molecule has 0 aromatic heterocycles. The summed E-state index contributed by atoms with van der Waals surface area (Å²) in [6, 6.07) is 5.46. The van der Waals surface area contributed by atoms with Crippen molar-refractivity contribution < 1.29 is 13.2 Å². The average Bonchev–Trinajstić information content (AvgIpc) is 2.16. The molecule has 0 aliphatic heterocycles. The van der Waals surface area contributed by atoms with Crippen molar-refractivity contribution in [3.8, 4) is 0 Å². The van der Waals surface area contributed by atoms with Crippen molar-refractivity contribution >= 4 is 17.4 Å². The maximum absolute atomic E-state index is 11.9. The van der Waals surface area contributed by atoms with Crippen LogP contribution in [0.3, 0.4) is 0 Å². The fourth-order valence-corrected chi connectivity index (χ4v) is 2.25. The molecule has 2 N–H and O–H groups in total. The highest BCUT2D eigenvalue weighted by Gasteiger charge is 2.25. The van der Waals surface area contributed by atoms with Crippen molar-refractivity contribution in [1.29, 1.82) is 0 Å². The van der Waals surface area contributed by atoms with Crippen LogP contribution in [0, 0.1) is 6.92 Å². The van der Waals surface area contributed by atoms with E-state index in [0.717, 1.165) is 10.5 Å². The Morgan fingerprint density at radius 2 is 2.00 bits per heavy atom. The summed E-state index contributed by atoms with van der Waals surface area (Å²) in [5.74, 6) is 0.462. The van der Waals surface area contributed by atoms with Crippen molar-refractivity contribution in [2.24, 2.45) is 0 Å². The molecule has 0 aliphatic rings. The molecule has 0 saturated carbocycles. The molecule has 1 aromatic carbocycles. The second-order valence-electron chi connectivity index (χ2n) is 3.59. The summed E-state index contributed by atoms with van der Waals surface area (Å²) < 4.78 is 35.7. The second kappa shape index (κ2) is 5.48. The molecule has 0 amide bonds. The third-order valence-corrected chi connectivity index (χ3v) is 3.32. The Morgan fingerprint density at radius 1 is 1.31 bits per heavy atom. The highest BCUT2D eigenvalue weighted by atomic mass is 32.2. The van der Waals surface area contributed by atoms with Gasteiger partial charge in [0.1, 0.15) is 0 Å². The number of thioether (sulfide) groups is 1. The maximum Gasteiger partial charge on any atom is 0.389 e. The van der Waals surface area contributed by atoms with E-state index in [4.69, 9.17) is 5.73 Å². The number of hydrogen-bond acceptors (Lipinski definition) is 2. The zero-order valence-electron chi connectivity index (χ0n) is 8.97. The lowest BCUT2D eigenvalue weighted by Crippen LogP contribution is -2.06. The van der Waals surface area contributed by atoms with E-state index in [9.17, 15) is 13.2 Å². The van der Waals surface area contributed by atoms with Crippen molar-refractivity contribution in [2.45, 2.75) is 30.8 Å². The molecule has 1 nitrogen and oxygen atoms in total. The van der Waals surface area contributed by atoms with Gasteiger partial charge in [0.25, 0.3) is 0 Å². The van der Waals surface area contributed by atoms with Gasteiger partial charge in [0.15, 0.2) is 0 Å². The number of hydrogen-bond donors (Lipinski definition) is 1. The van der Waals surface area contributed by atoms with Crippen LogP contribution in [0.5, 0.6) is 0 Å². The number of aryl methyl sites for hydroxylation is 1. The normalized spacial score (nSPS) is 11.8. The Bertz CT molecular complexity index is 350. The summed E-state index contributed by atoms with van der Waals surface area (Å²) in [7, 11) is 0. The summed E-state index contributed by atoms with van der Waals surface area (Å²) in [5, 5.41) is 0. The molecule has 0 heterocycles. The fourth-order valence-electron chi connectivity index (χ4n) is 1.23. The van der Waals surface area contributed by atoms with Crippen molar-refractivity contribution in [3.05, 3.63) is 23.8 Å². The third kappa shape index (κ3) is 4.79. The van der Waals surface area contributed by atoms with Crippen LogP contribution >= 0.6 is 11.8 Å². The van der Waals surface area contributed by atoms with Crippen LogP contribution in [0.25, 0.3) is 0 Å². The van der Waals surface area contributed by atoms with Crippen LogP contribution in [-0.4, -0.2) is 11.9 Å². The van der Waals surface area contributed by atoms with Crippen molar-refractivity contribution in [3.63, 3.8) is 0 Å². The number of anilines is 1. The first-order chi connectivity index (χ1) is 7.38. The Balaban J connectivity index is 2.40. The van der Waals surface area contributed by atoms with Gasteiger partial charge in [-0.25, -0.2) is 0 Å². The molecule has 0 radical (unpaired) electrons. The van der Waals surface area contributed by atoms with Gasteiger partial charge in [-0.15, -0.1) is 11.8 Å². The van der Waals surface area contributed by atoms with E-state index < -0.39 is 12.6 Å². The first-order valence-electron chi connectivity index (χ1n) is 4.94. The van der Waals surface area contributed by atoms with Gasteiger partial charge in [-0.2, -0.15) is 13.2 Å². The minimum atomic E-state index is -4.05. The standard InChI is InChI=1S/C11H14F3NS/c1-8-3-4-9(15)7-10(8)16-6-2-5-11(12,13)14/h3-4,7H,2,5-6,15H2,1H3. The number of nitrogens with two attached hydrogens (primary N) is 1. The van der Waals surface area contributed by atoms with Crippen LogP contribution in [0.2, 0.25) is 0 Å². The molecule has 1 aromatic rings. The first-order valence-corrected chi connectivity index (χ1v) is 5.93. The van der Waals surface area contributed by atoms with Crippen LogP contribution < -0.4 is 5.73 Å². The van der Waals surface area contributed by atoms with E-state index >= 15 is 0 Å². The number of benzene rings is 1. The number of rotatable bonds is 4. The van der Waals surface area contributed by atoms with Gasteiger partial charge < -0.3 is 5.73 Å². The minimum Gasteiger partial charge on any atom is -0.399 e. The number of alkyl halides is 3. The molecule has 90 valence electrons. The largest absolute Gasteiger partial charge is 0.399 e. The van der Waals surface area contributed by atoms with Crippen LogP contribution in [0.15, 0.2) is 23.1 Å². The highest BCUT2D eigenvalue weighted by Crippen LogP contribution is 2.28. The fraction of sp³-hybridized carbons (Fsp3) is 0.455. The van der Waals surface area contributed by atoms with Gasteiger partial charge in [-0.1, -0.05) is 6.07 Å². The van der Waals surface area contributed by atoms with Crippen molar-refractivity contribution in [1.82, 2.24) is 0 Å². The minimum absolute atomic E-state index is 0.141. The van der Waals surface area contributed by atoms with E-state index in [1.807, 2.05) is 13.0 Å². The number of halogens is 3. The Labute approximate surface area is 97.2 Å². The Kier molecular flexibility index (Phi) is 4.53. The summed E-state index contributed by atoms with van der Waals surface area (Å²) in [6.07, 6.45) is -4.63. The summed E-state index contributed by atoms with van der Waals surface area (Å²) >= 11 is 1.42. The molecule has 5 heteroatoms. The Hall–Kier alpha value is -0.840. The number of nitrogen functional groups attached to an aromatic ring is 1. The molecule has 16 heavy (non-hydrogen) atoms. The lowest BCUT2D eigenvalue weighted by molar-refractivity contribution is -0.134. The predicted molar refractivity (Wildman–Crippen MR) is 61.6 cm³/mol. The topological polar surface area (TPSA) is 26.0 Å². The Morgan fingerprint density at radius 3 is 2.62 bits per heavy atom. The van der Waals surface area contributed by atoms with Crippen LogP contribution in [0.1, 0.15) is 18.4 Å². The summed E-state index contributed by atoms with van der Waals surface area (Å²) in [4.78, 5) is 0.960. The monoisotopic (exact) mass is 249 g/mol. The summed E-state index contributed by atoms with van der Waals surface area (Å²) in [6.45, 7) is 1.92. The average molecular weight is 249 g/mol. The lowest BCUT2D eigenvalue weighted by atomic mass is 10.2. The van der Waals surface area contributed by atoms with Gasteiger partial charge in [0.2, 0.25) is 0 Å². The molecule has 0 spiro atoms. The van der Waals surface area contributed by atoms with E-state index in [-0.39, 0.29) is 6.42 Å². The van der Waals surface area contributed by atoms with Gasteiger partial charge >= 0.3 is 6.18 Å².